The zero-order valence-electron chi connectivity index (χ0n) is 18.7. The molecule has 1 unspecified atom stereocenters. The first-order chi connectivity index (χ1) is 16.5. The van der Waals surface area contributed by atoms with Crippen LogP contribution in [0.2, 0.25) is 0 Å². The first-order valence-electron chi connectivity index (χ1n) is 10.7. The molecule has 0 saturated carbocycles. The van der Waals surface area contributed by atoms with Crippen molar-refractivity contribution in [1.29, 1.82) is 0 Å². The zero-order valence-corrected chi connectivity index (χ0v) is 18.7. The van der Waals surface area contributed by atoms with Gasteiger partial charge in [-0.1, -0.05) is 30.9 Å². The number of likely N-dealkylation sites (tertiary alicyclic amines) is 1. The third kappa shape index (κ3) is 4.54. The molecule has 1 aliphatic heterocycles. The number of aliphatic hydroxyl groups excluding tert-OH is 1. The molecule has 7 heteroatoms. The van der Waals surface area contributed by atoms with Gasteiger partial charge in [0, 0.05) is 24.5 Å². The molecule has 1 amide bonds. The highest BCUT2D eigenvalue weighted by molar-refractivity contribution is 6.46. The largest absolute Gasteiger partial charge is 0.507 e. The molecule has 0 bridgehead atoms. The van der Waals surface area contributed by atoms with Gasteiger partial charge in [-0.2, -0.15) is 0 Å². The predicted molar refractivity (Wildman–Crippen MR) is 127 cm³/mol. The van der Waals surface area contributed by atoms with Crippen LogP contribution in [0.15, 0.2) is 91.3 Å². The number of methoxy groups -OCH3 is 1. The second-order valence-corrected chi connectivity index (χ2v) is 7.69. The van der Waals surface area contributed by atoms with Crippen molar-refractivity contribution in [3.8, 4) is 11.5 Å². The average molecular weight is 456 g/mol. The van der Waals surface area contributed by atoms with Crippen LogP contribution < -0.4 is 9.47 Å². The average Bonchev–Trinajstić information content (AvgIpc) is 3.13. The number of Topliss-reactive ketones (excluding diaryl/α,β-unsaturated/α-hetero) is 1. The summed E-state index contributed by atoms with van der Waals surface area (Å²) in [5.41, 5.74) is 1.88. The molecule has 34 heavy (non-hydrogen) atoms. The molecule has 0 radical (unpaired) electrons. The first kappa shape index (κ1) is 22.8. The van der Waals surface area contributed by atoms with Crippen molar-refractivity contribution in [2.24, 2.45) is 0 Å². The Hall–Kier alpha value is -4.39. The Morgan fingerprint density at radius 2 is 1.79 bits per heavy atom. The van der Waals surface area contributed by atoms with E-state index in [0.29, 0.717) is 29.2 Å². The summed E-state index contributed by atoms with van der Waals surface area (Å²) < 4.78 is 10.7. The number of aromatic nitrogens is 1. The molecule has 1 saturated heterocycles. The van der Waals surface area contributed by atoms with Crippen LogP contribution in [0.1, 0.15) is 22.7 Å². The molecule has 1 aliphatic rings. The van der Waals surface area contributed by atoms with Gasteiger partial charge in [0.1, 0.15) is 23.9 Å². The fraction of sp³-hybridized carbons (Fsp3) is 0.148. The smallest absolute Gasteiger partial charge is 0.295 e. The molecule has 0 aliphatic carbocycles. The molecular weight excluding hydrogens is 432 g/mol. The van der Waals surface area contributed by atoms with Gasteiger partial charge < -0.3 is 19.5 Å². The maximum absolute atomic E-state index is 13.2. The highest BCUT2D eigenvalue weighted by atomic mass is 16.5. The summed E-state index contributed by atoms with van der Waals surface area (Å²) in [6, 6.07) is 16.6. The maximum Gasteiger partial charge on any atom is 0.295 e. The minimum atomic E-state index is -0.782. The predicted octanol–water partition coefficient (Wildman–Crippen LogP) is 4.28. The van der Waals surface area contributed by atoms with Crippen molar-refractivity contribution >= 4 is 17.4 Å². The van der Waals surface area contributed by atoms with Crippen LogP contribution in [-0.4, -0.2) is 40.4 Å². The molecule has 1 N–H and O–H groups in total. The summed E-state index contributed by atoms with van der Waals surface area (Å²) in [5.74, 6) is -0.431. The van der Waals surface area contributed by atoms with Crippen molar-refractivity contribution in [2.45, 2.75) is 12.6 Å². The van der Waals surface area contributed by atoms with E-state index in [1.54, 1.807) is 80.2 Å². The second-order valence-electron chi connectivity index (χ2n) is 7.69. The topological polar surface area (TPSA) is 89.0 Å². The highest BCUT2D eigenvalue weighted by Crippen LogP contribution is 2.40. The SMILES string of the molecule is C=CCOc1ccc(C2C(=C(O)c3ccc(OC)cc3)C(=O)C(=O)N2Cc2cccnc2)cc1. The number of carbonyl (C=O) groups is 2. The standard InChI is InChI=1S/C27H24N2O5/c1-3-15-34-22-12-6-19(7-13-22)24-23(25(30)20-8-10-21(33-2)11-9-20)26(31)27(32)29(24)17-18-5-4-14-28-16-18/h3-14,16,24,30H,1,15,17H2,2H3. The van der Waals surface area contributed by atoms with E-state index in [0.717, 1.165) is 5.56 Å². The summed E-state index contributed by atoms with van der Waals surface area (Å²) >= 11 is 0. The Labute approximate surface area is 197 Å². The zero-order chi connectivity index (χ0) is 24.1. The summed E-state index contributed by atoms with van der Waals surface area (Å²) in [5, 5.41) is 11.1. The van der Waals surface area contributed by atoms with Crippen LogP contribution >= 0.6 is 0 Å². The number of aliphatic hydroxyl groups is 1. The van der Waals surface area contributed by atoms with Gasteiger partial charge >= 0.3 is 0 Å². The number of ketones is 1. The molecule has 0 spiro atoms. The van der Waals surface area contributed by atoms with Crippen LogP contribution in [0.3, 0.4) is 0 Å². The van der Waals surface area contributed by atoms with Gasteiger partial charge in [0.2, 0.25) is 0 Å². The van der Waals surface area contributed by atoms with E-state index >= 15 is 0 Å². The van der Waals surface area contributed by atoms with Gasteiger partial charge in [-0.3, -0.25) is 14.6 Å². The van der Waals surface area contributed by atoms with Crippen LogP contribution in [0, 0.1) is 0 Å². The first-order valence-corrected chi connectivity index (χ1v) is 10.7. The summed E-state index contributed by atoms with van der Waals surface area (Å²) in [6.45, 7) is 4.16. The van der Waals surface area contributed by atoms with Gasteiger partial charge in [-0.05, 0) is 53.6 Å². The molecule has 3 aromatic rings. The molecule has 7 nitrogen and oxygen atoms in total. The Balaban J connectivity index is 1.80. The van der Waals surface area contributed by atoms with Gasteiger partial charge in [0.05, 0.1) is 18.7 Å². The monoisotopic (exact) mass is 456 g/mol. The van der Waals surface area contributed by atoms with Crippen LogP contribution in [0.25, 0.3) is 5.76 Å². The molecule has 172 valence electrons. The minimum Gasteiger partial charge on any atom is -0.507 e. The Bertz CT molecular complexity index is 1220. The third-order valence-electron chi connectivity index (χ3n) is 5.54. The Morgan fingerprint density at radius 1 is 1.09 bits per heavy atom. The number of amides is 1. The lowest BCUT2D eigenvalue weighted by Crippen LogP contribution is -2.29. The number of nitrogens with zero attached hydrogens (tertiary/aromatic N) is 2. The van der Waals surface area contributed by atoms with Crippen molar-refractivity contribution in [2.75, 3.05) is 13.7 Å². The summed E-state index contributed by atoms with van der Waals surface area (Å²) in [6.07, 6.45) is 4.93. The number of benzene rings is 2. The number of rotatable bonds is 8. The number of pyridine rings is 1. The number of hydrogen-bond acceptors (Lipinski definition) is 6. The van der Waals surface area contributed by atoms with E-state index in [1.165, 1.54) is 4.90 Å². The molecule has 2 aromatic carbocycles. The lowest BCUT2D eigenvalue weighted by atomic mass is 9.95. The van der Waals surface area contributed by atoms with E-state index in [1.807, 2.05) is 6.07 Å². The number of hydrogen-bond donors (Lipinski definition) is 1. The fourth-order valence-corrected chi connectivity index (χ4v) is 3.88. The summed E-state index contributed by atoms with van der Waals surface area (Å²) in [4.78, 5) is 31.8. The van der Waals surface area contributed by atoms with Gasteiger partial charge in [0.25, 0.3) is 11.7 Å². The fourth-order valence-electron chi connectivity index (χ4n) is 3.88. The van der Waals surface area contributed by atoms with Crippen LogP contribution in [0.4, 0.5) is 0 Å². The normalized spacial score (nSPS) is 17.0. The number of ether oxygens (including phenoxy) is 2. The van der Waals surface area contributed by atoms with E-state index < -0.39 is 17.7 Å². The summed E-state index contributed by atoms with van der Waals surface area (Å²) in [7, 11) is 1.54. The molecular formula is C27H24N2O5. The molecule has 1 atom stereocenters. The van der Waals surface area contributed by atoms with Crippen LogP contribution in [0.5, 0.6) is 11.5 Å². The molecule has 2 heterocycles. The van der Waals surface area contributed by atoms with Crippen LogP contribution in [-0.2, 0) is 16.1 Å². The molecule has 4 rings (SSSR count). The lowest BCUT2D eigenvalue weighted by molar-refractivity contribution is -0.140. The van der Waals surface area contributed by atoms with Crippen molar-refractivity contribution in [3.63, 3.8) is 0 Å². The van der Waals surface area contributed by atoms with Crippen molar-refractivity contribution < 1.29 is 24.2 Å². The minimum absolute atomic E-state index is 0.0267. The van der Waals surface area contributed by atoms with Gasteiger partial charge in [0.15, 0.2) is 0 Å². The van der Waals surface area contributed by atoms with E-state index in [2.05, 4.69) is 11.6 Å². The third-order valence-corrected chi connectivity index (χ3v) is 5.54. The quantitative estimate of drug-likeness (QED) is 0.236. The molecule has 1 aromatic heterocycles. The van der Waals surface area contributed by atoms with E-state index in [4.69, 9.17) is 9.47 Å². The van der Waals surface area contributed by atoms with Crippen molar-refractivity contribution in [3.05, 3.63) is 108 Å². The molecule has 1 fully saturated rings. The lowest BCUT2D eigenvalue weighted by Gasteiger charge is -2.25. The van der Waals surface area contributed by atoms with E-state index in [9.17, 15) is 14.7 Å². The van der Waals surface area contributed by atoms with E-state index in [-0.39, 0.29) is 17.9 Å². The Kier molecular flexibility index (Phi) is 6.73. The maximum atomic E-state index is 13.2. The van der Waals surface area contributed by atoms with Gasteiger partial charge in [-0.25, -0.2) is 0 Å². The van der Waals surface area contributed by atoms with Crippen molar-refractivity contribution in [1.82, 2.24) is 9.88 Å². The second kappa shape index (κ2) is 10.0. The number of carbonyl (C=O) groups excluding carboxylic acids is 2. The van der Waals surface area contributed by atoms with Gasteiger partial charge in [-0.15, -0.1) is 0 Å². The Morgan fingerprint density at radius 3 is 2.41 bits per heavy atom. The highest BCUT2D eigenvalue weighted by Gasteiger charge is 2.46.